The molecule has 0 saturated heterocycles. The van der Waals surface area contributed by atoms with E-state index < -0.39 is 5.97 Å². The molecule has 2 heteroatoms. The van der Waals surface area contributed by atoms with Gasteiger partial charge in [-0.1, -0.05) is 18.8 Å². The minimum Gasteiger partial charge on any atom is -0.478 e. The minimum atomic E-state index is -0.907. The molecule has 1 aromatic carbocycles. The summed E-state index contributed by atoms with van der Waals surface area (Å²) in [6.07, 6.45) is 0.806. The molecule has 0 heterocycles. The van der Waals surface area contributed by atoms with E-state index >= 15 is 0 Å². The number of hydrogen-bond acceptors (Lipinski definition) is 1. The lowest BCUT2D eigenvalue weighted by Crippen LogP contribution is -1.94. The first-order valence-electron chi connectivity index (χ1n) is 4.06. The van der Waals surface area contributed by atoms with Crippen LogP contribution in [0, 0.1) is 11.8 Å². The lowest BCUT2D eigenvalue weighted by molar-refractivity contribution is 0.0697. The third kappa shape index (κ3) is 2.64. The Morgan fingerprint density at radius 2 is 2.00 bits per heavy atom. The van der Waals surface area contributed by atoms with Gasteiger partial charge < -0.3 is 5.11 Å². The van der Waals surface area contributed by atoms with Crippen LogP contribution in [0.1, 0.15) is 29.3 Å². The fourth-order valence-corrected chi connectivity index (χ4v) is 0.887. The SMILES string of the molecule is CCC#Cc1ccc(C(=O)O)cc1. The fraction of sp³-hybridized carbons (Fsp3) is 0.182. The molecule has 0 aliphatic rings. The molecule has 1 rings (SSSR count). The van der Waals surface area contributed by atoms with Crippen molar-refractivity contribution in [1.29, 1.82) is 0 Å². The van der Waals surface area contributed by atoms with Gasteiger partial charge in [0, 0.05) is 12.0 Å². The lowest BCUT2D eigenvalue weighted by atomic mass is 10.1. The number of carboxylic acid groups (broad SMARTS) is 1. The number of aromatic carboxylic acids is 1. The molecule has 0 spiro atoms. The fourth-order valence-electron chi connectivity index (χ4n) is 0.887. The van der Waals surface area contributed by atoms with E-state index in [1.54, 1.807) is 24.3 Å². The number of hydrogen-bond donors (Lipinski definition) is 1. The van der Waals surface area contributed by atoms with E-state index in [0.717, 1.165) is 12.0 Å². The average Bonchev–Trinajstić information content (AvgIpc) is 2.15. The van der Waals surface area contributed by atoms with E-state index in [2.05, 4.69) is 11.8 Å². The number of carbonyl (C=O) groups is 1. The molecule has 1 aromatic rings. The summed E-state index contributed by atoms with van der Waals surface area (Å²) in [5, 5.41) is 8.62. The second kappa shape index (κ2) is 4.32. The quantitative estimate of drug-likeness (QED) is 0.662. The van der Waals surface area contributed by atoms with Crippen LogP contribution in [0.4, 0.5) is 0 Å². The standard InChI is InChI=1S/C11H10O2/c1-2-3-4-9-5-7-10(8-6-9)11(12)13/h5-8H,2H2,1H3,(H,12,13). The van der Waals surface area contributed by atoms with Crippen LogP contribution in [0.2, 0.25) is 0 Å². The van der Waals surface area contributed by atoms with Crippen LogP contribution in [0.5, 0.6) is 0 Å². The van der Waals surface area contributed by atoms with Gasteiger partial charge in [-0.3, -0.25) is 0 Å². The Kier molecular flexibility index (Phi) is 3.10. The Morgan fingerprint density at radius 3 is 2.46 bits per heavy atom. The van der Waals surface area contributed by atoms with Crippen LogP contribution in [-0.2, 0) is 0 Å². The number of rotatable bonds is 1. The normalized spacial score (nSPS) is 8.69. The molecular weight excluding hydrogens is 164 g/mol. The largest absolute Gasteiger partial charge is 0.478 e. The molecule has 2 nitrogen and oxygen atoms in total. The van der Waals surface area contributed by atoms with Crippen molar-refractivity contribution in [1.82, 2.24) is 0 Å². The molecule has 66 valence electrons. The summed E-state index contributed by atoms with van der Waals surface area (Å²) in [5.74, 6) is 4.93. The first-order valence-corrected chi connectivity index (χ1v) is 4.06. The zero-order valence-corrected chi connectivity index (χ0v) is 7.37. The van der Waals surface area contributed by atoms with Crippen LogP contribution < -0.4 is 0 Å². The second-order valence-electron chi connectivity index (χ2n) is 2.54. The van der Waals surface area contributed by atoms with Crippen LogP contribution >= 0.6 is 0 Å². The van der Waals surface area contributed by atoms with Gasteiger partial charge >= 0.3 is 5.97 Å². The Hall–Kier alpha value is -1.75. The van der Waals surface area contributed by atoms with E-state index in [-0.39, 0.29) is 0 Å². The summed E-state index contributed by atoms with van der Waals surface area (Å²) < 4.78 is 0. The van der Waals surface area contributed by atoms with Crippen molar-refractivity contribution in [2.24, 2.45) is 0 Å². The van der Waals surface area contributed by atoms with Crippen molar-refractivity contribution >= 4 is 5.97 Å². The van der Waals surface area contributed by atoms with Crippen molar-refractivity contribution in [3.05, 3.63) is 35.4 Å². The topological polar surface area (TPSA) is 37.3 Å². The zero-order chi connectivity index (χ0) is 9.68. The molecule has 0 unspecified atom stereocenters. The van der Waals surface area contributed by atoms with Gasteiger partial charge in [0.25, 0.3) is 0 Å². The molecule has 0 atom stereocenters. The van der Waals surface area contributed by atoms with Crippen LogP contribution in [0.15, 0.2) is 24.3 Å². The van der Waals surface area contributed by atoms with E-state index in [0.29, 0.717) is 5.56 Å². The Morgan fingerprint density at radius 1 is 1.38 bits per heavy atom. The lowest BCUT2D eigenvalue weighted by Gasteiger charge is -1.93. The third-order valence-electron chi connectivity index (χ3n) is 1.54. The molecule has 0 aliphatic heterocycles. The van der Waals surface area contributed by atoms with Gasteiger partial charge in [-0.05, 0) is 24.3 Å². The molecule has 0 amide bonds. The summed E-state index contributed by atoms with van der Waals surface area (Å²) in [6.45, 7) is 1.97. The van der Waals surface area contributed by atoms with Gasteiger partial charge in [-0.15, -0.1) is 0 Å². The summed E-state index contributed by atoms with van der Waals surface area (Å²) in [6, 6.07) is 6.54. The van der Waals surface area contributed by atoms with Crippen LogP contribution in [0.3, 0.4) is 0 Å². The zero-order valence-electron chi connectivity index (χ0n) is 7.37. The summed E-state index contributed by atoms with van der Waals surface area (Å²) in [4.78, 5) is 10.5. The maximum absolute atomic E-state index is 10.5. The molecule has 0 fully saturated rings. The van der Waals surface area contributed by atoms with E-state index in [1.807, 2.05) is 6.92 Å². The molecule has 0 bridgehead atoms. The molecule has 13 heavy (non-hydrogen) atoms. The Bertz CT molecular complexity index is 352. The highest BCUT2D eigenvalue weighted by molar-refractivity contribution is 5.87. The van der Waals surface area contributed by atoms with E-state index in [9.17, 15) is 4.79 Å². The van der Waals surface area contributed by atoms with Gasteiger partial charge in [0.15, 0.2) is 0 Å². The maximum Gasteiger partial charge on any atom is 0.335 e. The van der Waals surface area contributed by atoms with Crippen molar-refractivity contribution in [2.75, 3.05) is 0 Å². The van der Waals surface area contributed by atoms with Gasteiger partial charge in [0.2, 0.25) is 0 Å². The van der Waals surface area contributed by atoms with Gasteiger partial charge in [-0.25, -0.2) is 4.79 Å². The Balaban J connectivity index is 2.87. The summed E-state index contributed by atoms with van der Waals surface area (Å²) in [7, 11) is 0. The molecule has 0 aromatic heterocycles. The molecule has 1 N–H and O–H groups in total. The smallest absolute Gasteiger partial charge is 0.335 e. The van der Waals surface area contributed by atoms with Gasteiger partial charge in [0.05, 0.1) is 5.56 Å². The maximum atomic E-state index is 10.5. The van der Waals surface area contributed by atoms with Crippen molar-refractivity contribution in [2.45, 2.75) is 13.3 Å². The Labute approximate surface area is 77.2 Å². The van der Waals surface area contributed by atoms with E-state index in [1.165, 1.54) is 0 Å². The average molecular weight is 174 g/mol. The highest BCUT2D eigenvalue weighted by atomic mass is 16.4. The summed E-state index contributed by atoms with van der Waals surface area (Å²) >= 11 is 0. The van der Waals surface area contributed by atoms with Crippen molar-refractivity contribution < 1.29 is 9.90 Å². The molecule has 0 aliphatic carbocycles. The molecular formula is C11H10O2. The van der Waals surface area contributed by atoms with Crippen LogP contribution in [0.25, 0.3) is 0 Å². The van der Waals surface area contributed by atoms with Gasteiger partial charge in [0.1, 0.15) is 0 Å². The molecule has 0 radical (unpaired) electrons. The highest BCUT2D eigenvalue weighted by Gasteiger charge is 1.99. The first-order chi connectivity index (χ1) is 6.24. The van der Waals surface area contributed by atoms with Crippen LogP contribution in [-0.4, -0.2) is 11.1 Å². The first kappa shape index (κ1) is 9.34. The van der Waals surface area contributed by atoms with Crippen molar-refractivity contribution in [3.63, 3.8) is 0 Å². The van der Waals surface area contributed by atoms with Gasteiger partial charge in [-0.2, -0.15) is 0 Å². The molecule has 0 saturated carbocycles. The monoisotopic (exact) mass is 174 g/mol. The predicted octanol–water partition coefficient (Wildman–Crippen LogP) is 2.15. The number of benzene rings is 1. The highest BCUT2D eigenvalue weighted by Crippen LogP contribution is 2.02. The summed E-state index contributed by atoms with van der Waals surface area (Å²) in [5.41, 5.74) is 1.15. The second-order valence-corrected chi connectivity index (χ2v) is 2.54. The number of carboxylic acids is 1. The predicted molar refractivity (Wildman–Crippen MR) is 50.6 cm³/mol. The van der Waals surface area contributed by atoms with E-state index in [4.69, 9.17) is 5.11 Å². The minimum absolute atomic E-state index is 0.294. The third-order valence-corrected chi connectivity index (χ3v) is 1.54. The van der Waals surface area contributed by atoms with Crippen molar-refractivity contribution in [3.8, 4) is 11.8 Å².